The molecule has 0 N–H and O–H groups in total. The molecule has 0 radical (unpaired) electrons. The number of aromatic nitrogens is 5. The van der Waals surface area contributed by atoms with E-state index in [1.807, 2.05) is 66.7 Å². The van der Waals surface area contributed by atoms with E-state index < -0.39 is 0 Å². The van der Waals surface area contributed by atoms with Crippen LogP contribution >= 0.6 is 0 Å². The summed E-state index contributed by atoms with van der Waals surface area (Å²) < 4.78 is 0. The summed E-state index contributed by atoms with van der Waals surface area (Å²) in [6.45, 7) is 0. The van der Waals surface area contributed by atoms with Gasteiger partial charge in [-0.2, -0.15) is 0 Å². The van der Waals surface area contributed by atoms with Gasteiger partial charge in [-0.1, -0.05) is 115 Å². The molecular formula is C39H25N5. The third kappa shape index (κ3) is 4.76. The lowest BCUT2D eigenvalue weighted by molar-refractivity contribution is 1.14. The monoisotopic (exact) mass is 563 g/mol. The lowest BCUT2D eigenvalue weighted by Crippen LogP contribution is -1.99. The van der Waals surface area contributed by atoms with Gasteiger partial charge in [-0.05, 0) is 41.5 Å². The first-order valence-corrected chi connectivity index (χ1v) is 14.5. The maximum atomic E-state index is 5.29. The predicted octanol–water partition coefficient (Wildman–Crippen LogP) is 9.30. The molecule has 8 rings (SSSR count). The molecule has 4 aromatic carbocycles. The molecular weight excluding hydrogens is 538 g/mol. The molecule has 0 aliphatic carbocycles. The highest BCUT2D eigenvalue weighted by Gasteiger charge is 2.17. The maximum absolute atomic E-state index is 5.29. The molecule has 0 bridgehead atoms. The maximum Gasteiger partial charge on any atom is 0.179 e. The lowest BCUT2D eigenvalue weighted by atomic mass is 9.97. The molecule has 5 heteroatoms. The van der Waals surface area contributed by atoms with E-state index in [9.17, 15) is 0 Å². The van der Waals surface area contributed by atoms with Crippen molar-refractivity contribution < 1.29 is 0 Å². The van der Waals surface area contributed by atoms with Crippen LogP contribution in [0.25, 0.3) is 78.4 Å². The minimum Gasteiger partial charge on any atom is -0.253 e. The fourth-order valence-electron chi connectivity index (χ4n) is 5.57. The number of rotatable bonds is 5. The molecule has 0 aliphatic rings. The van der Waals surface area contributed by atoms with Gasteiger partial charge >= 0.3 is 0 Å². The van der Waals surface area contributed by atoms with Crippen LogP contribution in [0.3, 0.4) is 0 Å². The highest BCUT2D eigenvalue weighted by Crippen LogP contribution is 2.36. The molecule has 44 heavy (non-hydrogen) atoms. The van der Waals surface area contributed by atoms with Crippen molar-refractivity contribution in [1.82, 2.24) is 24.9 Å². The highest BCUT2D eigenvalue weighted by atomic mass is 14.9. The molecule has 0 saturated heterocycles. The Morgan fingerprint density at radius 1 is 0.364 bits per heavy atom. The number of hydrogen-bond donors (Lipinski definition) is 0. The summed E-state index contributed by atoms with van der Waals surface area (Å²) in [4.78, 5) is 25.0. The van der Waals surface area contributed by atoms with Crippen molar-refractivity contribution in [3.8, 4) is 56.5 Å². The Balaban J connectivity index is 1.42. The molecule has 4 aromatic heterocycles. The molecule has 0 atom stereocenters. The van der Waals surface area contributed by atoms with E-state index in [-0.39, 0.29) is 0 Å². The zero-order chi connectivity index (χ0) is 29.3. The highest BCUT2D eigenvalue weighted by molar-refractivity contribution is 6.09. The fraction of sp³-hybridized carbons (Fsp3) is 0. The average Bonchev–Trinajstić information content (AvgIpc) is 3.12. The van der Waals surface area contributed by atoms with Crippen LogP contribution in [-0.2, 0) is 0 Å². The van der Waals surface area contributed by atoms with E-state index in [1.54, 1.807) is 6.20 Å². The summed E-state index contributed by atoms with van der Waals surface area (Å²) in [6.07, 6.45) is 1.76. The molecule has 0 saturated carbocycles. The molecule has 0 amide bonds. The van der Waals surface area contributed by atoms with Gasteiger partial charge in [-0.15, -0.1) is 0 Å². The summed E-state index contributed by atoms with van der Waals surface area (Å²) in [5.74, 6) is 0.549. The quantitative estimate of drug-likeness (QED) is 0.195. The summed E-state index contributed by atoms with van der Waals surface area (Å²) in [5.41, 5.74) is 9.79. The minimum absolute atomic E-state index is 0.549. The number of fused-ring (bicyclic) bond motifs is 3. The number of nitrogens with zero attached hydrogens (tertiary/aromatic N) is 5. The first-order valence-electron chi connectivity index (χ1n) is 14.5. The topological polar surface area (TPSA) is 64.5 Å². The van der Waals surface area contributed by atoms with E-state index in [4.69, 9.17) is 19.9 Å². The van der Waals surface area contributed by atoms with Gasteiger partial charge in [0.05, 0.1) is 33.8 Å². The summed E-state index contributed by atoms with van der Waals surface area (Å²) in [5, 5.41) is 2.06. The van der Waals surface area contributed by atoms with Crippen molar-refractivity contribution in [1.29, 1.82) is 0 Å². The molecule has 5 nitrogen and oxygen atoms in total. The van der Waals surface area contributed by atoms with Crippen LogP contribution in [0.2, 0.25) is 0 Å². The van der Waals surface area contributed by atoms with Crippen LogP contribution < -0.4 is 0 Å². The summed E-state index contributed by atoms with van der Waals surface area (Å²) >= 11 is 0. The van der Waals surface area contributed by atoms with Crippen molar-refractivity contribution in [3.05, 3.63) is 152 Å². The van der Waals surface area contributed by atoms with E-state index >= 15 is 0 Å². The zero-order valence-electron chi connectivity index (χ0n) is 23.7. The SMILES string of the molecule is c1ccc(-c2cc(-c3cc(-c4ccccc4)c4ccc5ccc(-c6ccccc6)nc5c4n3)nc(-c3ccccn3)n2)cc1. The Labute approximate surface area is 254 Å². The van der Waals surface area contributed by atoms with Crippen LogP contribution in [0.4, 0.5) is 0 Å². The lowest BCUT2D eigenvalue weighted by Gasteiger charge is -2.14. The Bertz CT molecular complexity index is 2200. The third-order valence-corrected chi connectivity index (χ3v) is 7.75. The van der Waals surface area contributed by atoms with E-state index in [0.717, 1.165) is 66.8 Å². The van der Waals surface area contributed by atoms with E-state index in [1.165, 1.54) is 0 Å². The average molecular weight is 564 g/mol. The van der Waals surface area contributed by atoms with Gasteiger partial charge in [-0.25, -0.2) is 19.9 Å². The Morgan fingerprint density at radius 2 is 0.955 bits per heavy atom. The Kier molecular flexibility index (Phi) is 6.39. The second-order valence-corrected chi connectivity index (χ2v) is 10.6. The van der Waals surface area contributed by atoms with E-state index in [2.05, 4.69) is 83.8 Å². The van der Waals surface area contributed by atoms with Gasteiger partial charge in [0.25, 0.3) is 0 Å². The van der Waals surface area contributed by atoms with Crippen molar-refractivity contribution in [2.24, 2.45) is 0 Å². The van der Waals surface area contributed by atoms with Gasteiger partial charge in [0.1, 0.15) is 5.69 Å². The fourth-order valence-corrected chi connectivity index (χ4v) is 5.57. The van der Waals surface area contributed by atoms with Crippen molar-refractivity contribution >= 4 is 21.8 Å². The summed E-state index contributed by atoms with van der Waals surface area (Å²) in [7, 11) is 0. The standard InChI is InChI=1S/C39H25N5/c1-4-12-26(13-5-1)31-24-35(36-25-34(28-16-8-3-9-17-28)43-39(44-36)33-18-10-11-23-40-33)42-38-30(31)21-19-29-20-22-32(41-37(29)38)27-14-6-2-7-15-27/h1-25H. The molecule has 0 unspecified atom stereocenters. The van der Waals surface area contributed by atoms with Crippen LogP contribution in [0.1, 0.15) is 0 Å². The smallest absolute Gasteiger partial charge is 0.179 e. The molecule has 4 heterocycles. The first-order chi connectivity index (χ1) is 21.8. The van der Waals surface area contributed by atoms with Crippen LogP contribution in [0.15, 0.2) is 152 Å². The largest absolute Gasteiger partial charge is 0.253 e. The van der Waals surface area contributed by atoms with Crippen molar-refractivity contribution in [2.75, 3.05) is 0 Å². The summed E-state index contributed by atoms with van der Waals surface area (Å²) in [6, 6.07) is 49.2. The van der Waals surface area contributed by atoms with Crippen LogP contribution in [-0.4, -0.2) is 24.9 Å². The molecule has 0 spiro atoms. The molecule has 8 aromatic rings. The van der Waals surface area contributed by atoms with Crippen LogP contribution in [0.5, 0.6) is 0 Å². The molecule has 206 valence electrons. The van der Waals surface area contributed by atoms with Crippen molar-refractivity contribution in [3.63, 3.8) is 0 Å². The predicted molar refractivity (Wildman–Crippen MR) is 178 cm³/mol. The first kappa shape index (κ1) is 25.6. The van der Waals surface area contributed by atoms with Gasteiger partial charge in [0, 0.05) is 28.1 Å². The van der Waals surface area contributed by atoms with Crippen LogP contribution in [0, 0.1) is 0 Å². The normalized spacial score (nSPS) is 11.2. The second kappa shape index (κ2) is 11.0. The minimum atomic E-state index is 0.549. The van der Waals surface area contributed by atoms with Gasteiger partial charge in [0.2, 0.25) is 0 Å². The van der Waals surface area contributed by atoms with Gasteiger partial charge in [-0.3, -0.25) is 4.98 Å². The molecule has 0 fully saturated rings. The van der Waals surface area contributed by atoms with Gasteiger partial charge < -0.3 is 0 Å². The molecule has 0 aliphatic heterocycles. The Morgan fingerprint density at radius 3 is 1.66 bits per heavy atom. The number of pyridine rings is 3. The third-order valence-electron chi connectivity index (χ3n) is 7.75. The van der Waals surface area contributed by atoms with Crippen molar-refractivity contribution in [2.45, 2.75) is 0 Å². The Hall–Kier alpha value is -6.07. The van der Waals surface area contributed by atoms with Gasteiger partial charge in [0.15, 0.2) is 5.82 Å². The number of benzene rings is 4. The number of hydrogen-bond acceptors (Lipinski definition) is 5. The second-order valence-electron chi connectivity index (χ2n) is 10.6. The van der Waals surface area contributed by atoms with E-state index in [0.29, 0.717) is 11.5 Å². The zero-order valence-corrected chi connectivity index (χ0v) is 23.7.